The molecule has 2 aliphatic heterocycles. The molecule has 0 spiro atoms. The second kappa shape index (κ2) is 10.9. The highest BCUT2D eigenvalue weighted by atomic mass is 32.2. The van der Waals surface area contributed by atoms with Gasteiger partial charge in [0.2, 0.25) is 11.8 Å². The first-order chi connectivity index (χ1) is 16.5. The van der Waals surface area contributed by atoms with Gasteiger partial charge in [0.05, 0.1) is 37.1 Å². The van der Waals surface area contributed by atoms with Gasteiger partial charge in [0, 0.05) is 6.54 Å². The second-order valence-electron chi connectivity index (χ2n) is 7.94. The van der Waals surface area contributed by atoms with Crippen LogP contribution in [0.5, 0.6) is 11.5 Å². The van der Waals surface area contributed by atoms with E-state index in [0.29, 0.717) is 24.0 Å². The van der Waals surface area contributed by atoms with Gasteiger partial charge >= 0.3 is 0 Å². The first-order valence-corrected chi connectivity index (χ1v) is 12.2. The van der Waals surface area contributed by atoms with Gasteiger partial charge in [-0.1, -0.05) is 23.9 Å². The van der Waals surface area contributed by atoms with Crippen molar-refractivity contribution in [2.24, 2.45) is 10.9 Å². The molecular weight excluding hydrogens is 454 g/mol. The molecule has 10 heteroatoms. The number of hydrogen-bond acceptors (Lipinski definition) is 8. The number of nitrogens with one attached hydrogen (secondary N) is 3. The Morgan fingerprint density at radius 3 is 2.59 bits per heavy atom. The SMILES string of the molecule is CCOc1ccc(N2C(=O)C3CNNC3N=C2SCC(=O)NC(C)c2ccc(OC)cc2)cc1. The van der Waals surface area contributed by atoms with E-state index in [1.54, 1.807) is 12.0 Å². The van der Waals surface area contributed by atoms with Crippen LogP contribution in [0.25, 0.3) is 0 Å². The van der Waals surface area contributed by atoms with Crippen LogP contribution in [-0.2, 0) is 9.59 Å². The number of fused-ring (bicyclic) bond motifs is 1. The van der Waals surface area contributed by atoms with Gasteiger partial charge in [-0.2, -0.15) is 0 Å². The molecule has 0 aromatic heterocycles. The first kappa shape index (κ1) is 24.1. The van der Waals surface area contributed by atoms with Gasteiger partial charge in [0.15, 0.2) is 5.17 Å². The summed E-state index contributed by atoms with van der Waals surface area (Å²) in [5.74, 6) is 1.12. The number of carbonyl (C=O) groups excluding carboxylic acids is 2. The summed E-state index contributed by atoms with van der Waals surface area (Å²) >= 11 is 1.24. The quantitative estimate of drug-likeness (QED) is 0.530. The largest absolute Gasteiger partial charge is 0.497 e. The van der Waals surface area contributed by atoms with Gasteiger partial charge in [0.1, 0.15) is 17.7 Å². The average Bonchev–Trinajstić information content (AvgIpc) is 3.33. The second-order valence-corrected chi connectivity index (χ2v) is 8.88. The van der Waals surface area contributed by atoms with E-state index in [-0.39, 0.29) is 35.7 Å². The van der Waals surface area contributed by atoms with E-state index < -0.39 is 0 Å². The molecule has 0 radical (unpaired) electrons. The summed E-state index contributed by atoms with van der Waals surface area (Å²) in [7, 11) is 1.62. The van der Waals surface area contributed by atoms with Crippen molar-refractivity contribution in [3.8, 4) is 11.5 Å². The topological polar surface area (TPSA) is 104 Å². The molecule has 0 saturated carbocycles. The highest BCUT2D eigenvalue weighted by molar-refractivity contribution is 8.14. The Bertz CT molecular complexity index is 1040. The fourth-order valence-electron chi connectivity index (χ4n) is 3.85. The molecule has 0 aliphatic carbocycles. The summed E-state index contributed by atoms with van der Waals surface area (Å²) in [4.78, 5) is 32.3. The van der Waals surface area contributed by atoms with Crippen molar-refractivity contribution in [1.29, 1.82) is 0 Å². The highest BCUT2D eigenvalue weighted by Crippen LogP contribution is 2.30. The van der Waals surface area contributed by atoms with Crippen LogP contribution in [-0.4, -0.2) is 49.2 Å². The molecule has 4 rings (SSSR count). The molecule has 3 atom stereocenters. The Morgan fingerprint density at radius 1 is 1.21 bits per heavy atom. The molecule has 2 amide bonds. The van der Waals surface area contributed by atoms with Crippen LogP contribution >= 0.6 is 11.8 Å². The maximum absolute atomic E-state index is 13.3. The maximum Gasteiger partial charge on any atom is 0.241 e. The average molecular weight is 484 g/mol. The van der Waals surface area contributed by atoms with Gasteiger partial charge in [-0.15, -0.1) is 0 Å². The molecular formula is C24H29N5O4S. The lowest BCUT2D eigenvalue weighted by Crippen LogP contribution is -2.49. The third kappa shape index (κ3) is 5.35. The third-order valence-electron chi connectivity index (χ3n) is 5.66. The lowest BCUT2D eigenvalue weighted by Gasteiger charge is -2.32. The predicted octanol–water partition coefficient (Wildman–Crippen LogP) is 2.46. The van der Waals surface area contributed by atoms with Gasteiger partial charge in [-0.3, -0.25) is 19.9 Å². The number of hydrazine groups is 1. The molecule has 0 bridgehead atoms. The van der Waals surface area contributed by atoms with Crippen LogP contribution in [0.15, 0.2) is 53.5 Å². The number of benzene rings is 2. The lowest BCUT2D eigenvalue weighted by molar-refractivity contribution is -0.121. The van der Waals surface area contributed by atoms with Crippen molar-refractivity contribution in [3.63, 3.8) is 0 Å². The molecule has 9 nitrogen and oxygen atoms in total. The number of carbonyl (C=O) groups is 2. The Labute approximate surface area is 203 Å². The van der Waals surface area contributed by atoms with Crippen LogP contribution < -0.4 is 30.5 Å². The third-order valence-corrected chi connectivity index (χ3v) is 6.62. The summed E-state index contributed by atoms with van der Waals surface area (Å²) in [5, 5.41) is 3.49. The molecule has 1 saturated heterocycles. The van der Waals surface area contributed by atoms with Gasteiger partial charge in [0.25, 0.3) is 0 Å². The summed E-state index contributed by atoms with van der Waals surface area (Å²) in [6.45, 7) is 4.91. The van der Waals surface area contributed by atoms with Crippen LogP contribution in [0.4, 0.5) is 5.69 Å². The number of rotatable bonds is 8. The van der Waals surface area contributed by atoms with Crippen LogP contribution in [0.1, 0.15) is 25.5 Å². The summed E-state index contributed by atoms with van der Waals surface area (Å²) in [6.07, 6.45) is -0.352. The Hall–Kier alpha value is -3.08. The maximum atomic E-state index is 13.3. The molecule has 2 aromatic rings. The monoisotopic (exact) mass is 483 g/mol. The van der Waals surface area contributed by atoms with Crippen molar-refractivity contribution < 1.29 is 19.1 Å². The van der Waals surface area contributed by atoms with E-state index in [1.807, 2.05) is 62.4 Å². The zero-order valence-corrected chi connectivity index (χ0v) is 20.2. The van der Waals surface area contributed by atoms with Crippen molar-refractivity contribution in [3.05, 3.63) is 54.1 Å². The number of amidine groups is 1. The lowest BCUT2D eigenvalue weighted by atomic mass is 10.0. The predicted molar refractivity (Wildman–Crippen MR) is 133 cm³/mol. The fraction of sp³-hybridized carbons (Fsp3) is 0.375. The molecule has 180 valence electrons. The zero-order chi connectivity index (χ0) is 24.1. The van der Waals surface area contributed by atoms with E-state index in [4.69, 9.17) is 14.5 Å². The number of nitrogens with zero attached hydrogens (tertiary/aromatic N) is 2. The Kier molecular flexibility index (Phi) is 7.71. The molecule has 34 heavy (non-hydrogen) atoms. The fourth-order valence-corrected chi connectivity index (χ4v) is 4.71. The van der Waals surface area contributed by atoms with Crippen molar-refractivity contribution in [1.82, 2.24) is 16.2 Å². The molecule has 2 aromatic carbocycles. The minimum atomic E-state index is -0.352. The van der Waals surface area contributed by atoms with Crippen LogP contribution in [0.3, 0.4) is 0 Å². The molecule has 1 fully saturated rings. The van der Waals surface area contributed by atoms with Gasteiger partial charge in [-0.25, -0.2) is 10.4 Å². The normalized spacial score (nSPS) is 20.4. The molecule has 2 aliphatic rings. The van der Waals surface area contributed by atoms with E-state index >= 15 is 0 Å². The summed E-state index contributed by atoms with van der Waals surface area (Å²) < 4.78 is 10.7. The van der Waals surface area contributed by atoms with Gasteiger partial charge < -0.3 is 14.8 Å². The number of anilines is 1. The van der Waals surface area contributed by atoms with Crippen molar-refractivity contribution in [2.45, 2.75) is 26.1 Å². The van der Waals surface area contributed by atoms with Crippen molar-refractivity contribution >= 4 is 34.4 Å². The number of hydrogen-bond donors (Lipinski definition) is 3. The van der Waals surface area contributed by atoms with Crippen LogP contribution in [0.2, 0.25) is 0 Å². The highest BCUT2D eigenvalue weighted by Gasteiger charge is 2.42. The molecule has 2 heterocycles. The zero-order valence-electron chi connectivity index (χ0n) is 19.4. The summed E-state index contributed by atoms with van der Waals surface area (Å²) in [6, 6.07) is 14.7. The minimum Gasteiger partial charge on any atom is -0.497 e. The molecule has 3 N–H and O–H groups in total. The smallest absolute Gasteiger partial charge is 0.241 e. The number of aliphatic imine (C=N–C) groups is 1. The first-order valence-electron chi connectivity index (χ1n) is 11.2. The molecule has 3 unspecified atom stereocenters. The van der Waals surface area contributed by atoms with Gasteiger partial charge in [-0.05, 0) is 55.8 Å². The van der Waals surface area contributed by atoms with E-state index in [1.165, 1.54) is 11.8 Å². The Balaban J connectivity index is 1.45. The van der Waals surface area contributed by atoms with Crippen molar-refractivity contribution in [2.75, 3.05) is 30.9 Å². The number of amides is 2. The van der Waals surface area contributed by atoms with E-state index in [2.05, 4.69) is 16.2 Å². The Morgan fingerprint density at radius 2 is 1.91 bits per heavy atom. The standard InChI is InChI=1S/C24H29N5O4S/c1-4-33-19-11-7-17(8-12-19)29-23(31)20-13-25-28-22(20)27-24(29)34-14-21(30)26-15(2)16-5-9-18(32-3)10-6-16/h5-12,15,20,22,25,28H,4,13-14H2,1-3H3,(H,26,30). The number of thioether (sulfide) groups is 1. The summed E-state index contributed by atoms with van der Waals surface area (Å²) in [5.41, 5.74) is 7.71. The van der Waals surface area contributed by atoms with E-state index in [9.17, 15) is 9.59 Å². The number of methoxy groups -OCH3 is 1. The van der Waals surface area contributed by atoms with E-state index in [0.717, 1.165) is 17.1 Å². The number of ether oxygens (including phenoxy) is 2. The van der Waals surface area contributed by atoms with Crippen LogP contribution in [0, 0.1) is 5.92 Å². The minimum absolute atomic E-state index is 0.0591.